The molecule has 0 unspecified atom stereocenters. The first-order valence-electron chi connectivity index (χ1n) is 6.96. The van der Waals surface area contributed by atoms with E-state index in [-0.39, 0.29) is 10.9 Å². The van der Waals surface area contributed by atoms with Gasteiger partial charge in [-0.3, -0.25) is 0 Å². The summed E-state index contributed by atoms with van der Waals surface area (Å²) in [4.78, 5) is 0.168. The van der Waals surface area contributed by atoms with Gasteiger partial charge in [0.2, 0.25) is 10.0 Å². The van der Waals surface area contributed by atoms with E-state index < -0.39 is 10.0 Å². The van der Waals surface area contributed by atoms with Gasteiger partial charge >= 0.3 is 0 Å². The number of hydrogen-bond donors (Lipinski definition) is 1. The molecule has 4 nitrogen and oxygen atoms in total. The van der Waals surface area contributed by atoms with Crippen LogP contribution in [0.2, 0.25) is 0 Å². The summed E-state index contributed by atoms with van der Waals surface area (Å²) in [7, 11) is -3.55. The average Bonchev–Trinajstić information content (AvgIpc) is 2.44. The Kier molecular flexibility index (Phi) is 4.46. The topological polar surface area (TPSA) is 70.0 Å². The summed E-state index contributed by atoms with van der Waals surface area (Å²) in [6, 6.07) is 8.09. The minimum Gasteiger partial charge on any atom is -0.208 e. The molecule has 5 heteroatoms. The van der Waals surface area contributed by atoms with Gasteiger partial charge in [-0.2, -0.15) is 5.26 Å². The number of hydrogen-bond acceptors (Lipinski definition) is 3. The van der Waals surface area contributed by atoms with Crippen LogP contribution >= 0.6 is 0 Å². The standard InChI is InChI=1S/C15H20N2O2S/c1-11-5-3-8-15(12(11)2)17-20(18,19)14-7-4-6-13(9-14)10-16/h4,6-7,9,11-12,15,17H,3,5,8H2,1-2H3/t11-,12+,15+/m1/s1. The molecule has 3 atom stereocenters. The molecule has 1 aromatic rings. The number of nitrogens with one attached hydrogen (secondary N) is 1. The summed E-state index contributed by atoms with van der Waals surface area (Å²) in [5.74, 6) is 0.861. The Bertz CT molecular complexity index is 619. The molecular formula is C15H20N2O2S. The van der Waals surface area contributed by atoms with Crippen molar-refractivity contribution in [1.29, 1.82) is 5.26 Å². The average molecular weight is 292 g/mol. The lowest BCUT2D eigenvalue weighted by Crippen LogP contribution is -2.43. The van der Waals surface area contributed by atoms with Crippen LogP contribution in [0.3, 0.4) is 0 Å². The van der Waals surface area contributed by atoms with Crippen LogP contribution in [0, 0.1) is 23.2 Å². The van der Waals surface area contributed by atoms with Crippen molar-refractivity contribution in [3.63, 3.8) is 0 Å². The van der Waals surface area contributed by atoms with E-state index in [0.717, 1.165) is 19.3 Å². The normalized spacial score (nSPS) is 26.9. The van der Waals surface area contributed by atoms with Crippen LogP contribution in [0.25, 0.3) is 0 Å². The third-order valence-electron chi connectivity index (χ3n) is 4.29. The highest BCUT2D eigenvalue weighted by Gasteiger charge is 2.30. The van der Waals surface area contributed by atoms with Crippen molar-refractivity contribution in [2.24, 2.45) is 11.8 Å². The molecule has 1 aliphatic rings. The Morgan fingerprint density at radius 3 is 2.75 bits per heavy atom. The molecule has 1 aliphatic carbocycles. The Labute approximate surface area is 120 Å². The first-order valence-corrected chi connectivity index (χ1v) is 8.45. The molecule has 1 N–H and O–H groups in total. The highest BCUT2D eigenvalue weighted by atomic mass is 32.2. The smallest absolute Gasteiger partial charge is 0.208 e. The van der Waals surface area contributed by atoms with Gasteiger partial charge in [-0.05, 0) is 36.5 Å². The summed E-state index contributed by atoms with van der Waals surface area (Å²) < 4.78 is 27.6. The van der Waals surface area contributed by atoms with Gasteiger partial charge in [0.1, 0.15) is 0 Å². The Morgan fingerprint density at radius 1 is 1.30 bits per heavy atom. The maximum absolute atomic E-state index is 12.4. The van der Waals surface area contributed by atoms with Gasteiger partial charge in [-0.1, -0.05) is 32.8 Å². The van der Waals surface area contributed by atoms with E-state index in [9.17, 15) is 8.42 Å². The molecule has 0 spiro atoms. The summed E-state index contributed by atoms with van der Waals surface area (Å²) in [5, 5.41) is 8.86. The predicted molar refractivity (Wildman–Crippen MR) is 77.4 cm³/mol. The molecule has 0 amide bonds. The molecule has 0 bridgehead atoms. The third kappa shape index (κ3) is 3.20. The zero-order chi connectivity index (χ0) is 14.8. The lowest BCUT2D eigenvalue weighted by Gasteiger charge is -2.34. The fraction of sp³-hybridized carbons (Fsp3) is 0.533. The number of benzene rings is 1. The van der Waals surface area contributed by atoms with Crippen molar-refractivity contribution in [2.75, 3.05) is 0 Å². The fourth-order valence-electron chi connectivity index (χ4n) is 2.75. The van der Waals surface area contributed by atoms with Crippen molar-refractivity contribution in [1.82, 2.24) is 4.72 Å². The molecule has 1 saturated carbocycles. The maximum atomic E-state index is 12.4. The van der Waals surface area contributed by atoms with E-state index in [1.165, 1.54) is 12.1 Å². The van der Waals surface area contributed by atoms with Crippen LogP contribution in [0.1, 0.15) is 38.7 Å². The Balaban J connectivity index is 2.20. The molecule has 20 heavy (non-hydrogen) atoms. The first kappa shape index (κ1) is 15.0. The van der Waals surface area contributed by atoms with Gasteiger partial charge in [0.05, 0.1) is 16.5 Å². The monoisotopic (exact) mass is 292 g/mol. The second kappa shape index (κ2) is 5.94. The molecule has 0 heterocycles. The SMILES string of the molecule is C[C@H]1[C@H](C)CCC[C@@H]1NS(=O)(=O)c1cccc(C#N)c1. The maximum Gasteiger partial charge on any atom is 0.240 e. The van der Waals surface area contributed by atoms with Crippen molar-refractivity contribution in [2.45, 2.75) is 44.0 Å². The molecule has 0 aliphatic heterocycles. The lowest BCUT2D eigenvalue weighted by molar-refractivity contribution is 0.227. The van der Waals surface area contributed by atoms with Crippen molar-refractivity contribution < 1.29 is 8.42 Å². The van der Waals surface area contributed by atoms with E-state index >= 15 is 0 Å². The van der Waals surface area contributed by atoms with Crippen molar-refractivity contribution >= 4 is 10.0 Å². The third-order valence-corrected chi connectivity index (χ3v) is 5.77. The number of rotatable bonds is 3. The van der Waals surface area contributed by atoms with E-state index in [4.69, 9.17) is 5.26 Å². The lowest BCUT2D eigenvalue weighted by atomic mass is 9.78. The Morgan fingerprint density at radius 2 is 2.05 bits per heavy atom. The number of nitriles is 1. The van der Waals surface area contributed by atoms with Gasteiger partial charge in [-0.25, -0.2) is 13.1 Å². The quantitative estimate of drug-likeness (QED) is 0.931. The van der Waals surface area contributed by atoms with Gasteiger partial charge in [0, 0.05) is 6.04 Å². The fourth-order valence-corrected chi connectivity index (χ4v) is 4.16. The van der Waals surface area contributed by atoms with Gasteiger partial charge in [0.15, 0.2) is 0 Å². The van der Waals surface area contributed by atoms with Gasteiger partial charge < -0.3 is 0 Å². The Hall–Kier alpha value is -1.38. The van der Waals surface area contributed by atoms with E-state index in [2.05, 4.69) is 18.6 Å². The zero-order valence-electron chi connectivity index (χ0n) is 11.8. The molecule has 1 aromatic carbocycles. The highest BCUT2D eigenvalue weighted by Crippen LogP contribution is 2.30. The van der Waals surface area contributed by atoms with Crippen LogP contribution in [0.5, 0.6) is 0 Å². The van der Waals surface area contributed by atoms with Crippen LogP contribution in [-0.4, -0.2) is 14.5 Å². The minimum absolute atomic E-state index is 0.0190. The molecule has 0 saturated heterocycles. The molecule has 0 aromatic heterocycles. The number of nitrogens with zero attached hydrogens (tertiary/aromatic N) is 1. The minimum atomic E-state index is -3.55. The molecule has 108 valence electrons. The second-order valence-corrected chi connectivity index (χ2v) is 7.35. The summed E-state index contributed by atoms with van der Waals surface area (Å²) >= 11 is 0. The first-order chi connectivity index (χ1) is 9.44. The largest absolute Gasteiger partial charge is 0.240 e. The van der Waals surface area contributed by atoms with Crippen LogP contribution in [-0.2, 0) is 10.0 Å². The number of sulfonamides is 1. The summed E-state index contributed by atoms with van der Waals surface area (Å²) in [6.45, 7) is 4.27. The molecule has 1 fully saturated rings. The molecule has 2 rings (SSSR count). The van der Waals surface area contributed by atoms with E-state index in [0.29, 0.717) is 17.4 Å². The molecular weight excluding hydrogens is 272 g/mol. The van der Waals surface area contributed by atoms with Crippen molar-refractivity contribution in [3.8, 4) is 6.07 Å². The van der Waals surface area contributed by atoms with Crippen LogP contribution < -0.4 is 4.72 Å². The summed E-state index contributed by atoms with van der Waals surface area (Å²) in [6.07, 6.45) is 3.09. The van der Waals surface area contributed by atoms with Crippen LogP contribution in [0.4, 0.5) is 0 Å². The zero-order valence-corrected chi connectivity index (χ0v) is 12.7. The van der Waals surface area contributed by atoms with Gasteiger partial charge in [0.25, 0.3) is 0 Å². The van der Waals surface area contributed by atoms with Crippen molar-refractivity contribution in [3.05, 3.63) is 29.8 Å². The predicted octanol–water partition coefficient (Wildman–Crippen LogP) is 2.66. The van der Waals surface area contributed by atoms with E-state index in [1.54, 1.807) is 12.1 Å². The summed E-state index contributed by atoms with van der Waals surface area (Å²) in [5.41, 5.74) is 0.359. The van der Waals surface area contributed by atoms with Gasteiger partial charge in [-0.15, -0.1) is 0 Å². The second-order valence-electron chi connectivity index (χ2n) is 5.63. The molecule has 0 radical (unpaired) electrons. The van der Waals surface area contributed by atoms with Crippen LogP contribution in [0.15, 0.2) is 29.2 Å². The highest BCUT2D eigenvalue weighted by molar-refractivity contribution is 7.89. The van der Waals surface area contributed by atoms with E-state index in [1.807, 2.05) is 6.07 Å².